The Morgan fingerprint density at radius 3 is 2.47 bits per heavy atom. The first kappa shape index (κ1) is 12.5. The molecule has 4 nitrogen and oxygen atoms in total. The first-order chi connectivity index (χ1) is 8.03. The third-order valence-corrected chi connectivity index (χ3v) is 3.67. The van der Waals surface area contributed by atoms with E-state index in [0.29, 0.717) is 19.6 Å². The van der Waals surface area contributed by atoms with Crippen LogP contribution in [0.3, 0.4) is 0 Å². The number of rotatable bonds is 4. The summed E-state index contributed by atoms with van der Waals surface area (Å²) < 4.78 is 6.24. The molecule has 1 atom stereocenters. The molecule has 0 aliphatic carbocycles. The topological polar surface area (TPSA) is 72.5 Å². The van der Waals surface area contributed by atoms with Crippen molar-refractivity contribution in [2.24, 2.45) is 5.73 Å². The van der Waals surface area contributed by atoms with Crippen LogP contribution in [-0.4, -0.2) is 30.3 Å². The Balaban J connectivity index is 2.19. The molecule has 1 unspecified atom stereocenters. The van der Waals surface area contributed by atoms with E-state index in [1.807, 2.05) is 24.3 Å². The maximum absolute atomic E-state index is 10.8. The molecule has 1 aromatic carbocycles. The van der Waals surface area contributed by atoms with Gasteiger partial charge in [0.2, 0.25) is 0 Å². The van der Waals surface area contributed by atoms with Crippen LogP contribution in [-0.2, 0) is 14.9 Å². The predicted molar refractivity (Wildman–Crippen MR) is 66.9 cm³/mol. The number of benzene rings is 1. The molecule has 17 heavy (non-hydrogen) atoms. The molecule has 92 valence electrons. The van der Waals surface area contributed by atoms with E-state index in [4.69, 9.17) is 15.6 Å². The highest BCUT2D eigenvalue weighted by Crippen LogP contribution is 2.37. The van der Waals surface area contributed by atoms with Crippen LogP contribution >= 0.6 is 15.9 Å². The summed E-state index contributed by atoms with van der Waals surface area (Å²) in [5.74, 6) is -0.964. The van der Waals surface area contributed by atoms with Crippen molar-refractivity contribution in [3.63, 3.8) is 0 Å². The van der Waals surface area contributed by atoms with Crippen molar-refractivity contribution in [2.45, 2.75) is 17.9 Å². The summed E-state index contributed by atoms with van der Waals surface area (Å²) in [6, 6.07) is 7.02. The van der Waals surface area contributed by atoms with Gasteiger partial charge in [0, 0.05) is 9.89 Å². The summed E-state index contributed by atoms with van der Waals surface area (Å²) in [6.07, 6.45) is 0.407. The second-order valence-electron chi connectivity index (χ2n) is 4.43. The van der Waals surface area contributed by atoms with Crippen LogP contribution in [0.25, 0.3) is 0 Å². The first-order valence-electron chi connectivity index (χ1n) is 5.36. The van der Waals surface area contributed by atoms with Crippen molar-refractivity contribution in [3.05, 3.63) is 34.3 Å². The van der Waals surface area contributed by atoms with E-state index in [2.05, 4.69) is 15.9 Å². The summed E-state index contributed by atoms with van der Waals surface area (Å²) in [6.45, 7) is 1.07. The van der Waals surface area contributed by atoms with Gasteiger partial charge < -0.3 is 15.6 Å². The minimum absolute atomic E-state index is 0.238. The van der Waals surface area contributed by atoms with Crippen molar-refractivity contribution >= 4 is 21.9 Å². The van der Waals surface area contributed by atoms with Crippen LogP contribution in [0.4, 0.5) is 0 Å². The van der Waals surface area contributed by atoms with Crippen molar-refractivity contribution in [1.29, 1.82) is 0 Å². The lowest BCUT2D eigenvalue weighted by atomic mass is 9.74. The fourth-order valence-electron chi connectivity index (χ4n) is 2.06. The number of halogens is 1. The molecular weight excluding hydrogens is 286 g/mol. The standard InChI is InChI=1S/C12H14BrNO3/c13-9-3-1-8(2-4-9)12(6-17-7-12)5-10(14)11(15)16/h1-4,10H,5-7,14H2,(H,15,16). The highest BCUT2D eigenvalue weighted by atomic mass is 79.9. The van der Waals surface area contributed by atoms with E-state index >= 15 is 0 Å². The van der Waals surface area contributed by atoms with Crippen molar-refractivity contribution in [3.8, 4) is 0 Å². The van der Waals surface area contributed by atoms with Crippen LogP contribution < -0.4 is 5.73 Å². The van der Waals surface area contributed by atoms with Gasteiger partial charge in [0.25, 0.3) is 0 Å². The monoisotopic (exact) mass is 299 g/mol. The lowest BCUT2D eigenvalue weighted by molar-refractivity contribution is -0.141. The Kier molecular flexibility index (Phi) is 3.51. The smallest absolute Gasteiger partial charge is 0.320 e. The number of nitrogens with two attached hydrogens (primary N) is 1. The van der Waals surface area contributed by atoms with Gasteiger partial charge in [-0.25, -0.2) is 0 Å². The van der Waals surface area contributed by atoms with E-state index < -0.39 is 12.0 Å². The predicted octanol–water partition coefficient (Wildman–Crippen LogP) is 1.52. The van der Waals surface area contributed by atoms with Crippen LogP contribution in [0.5, 0.6) is 0 Å². The summed E-state index contributed by atoms with van der Waals surface area (Å²) in [7, 11) is 0. The molecule has 1 aromatic rings. The molecule has 0 amide bonds. The van der Waals surface area contributed by atoms with Gasteiger partial charge in [0.05, 0.1) is 13.2 Å². The third-order valence-electron chi connectivity index (χ3n) is 3.14. The fraction of sp³-hybridized carbons (Fsp3) is 0.417. The number of hydrogen-bond donors (Lipinski definition) is 2. The van der Waals surface area contributed by atoms with E-state index in [0.717, 1.165) is 10.0 Å². The van der Waals surface area contributed by atoms with Gasteiger partial charge in [0.15, 0.2) is 0 Å². The Hall–Kier alpha value is -0.910. The maximum atomic E-state index is 10.8. The number of hydrogen-bond acceptors (Lipinski definition) is 3. The zero-order valence-corrected chi connectivity index (χ0v) is 10.8. The highest BCUT2D eigenvalue weighted by molar-refractivity contribution is 9.10. The number of carbonyl (C=O) groups is 1. The average molecular weight is 300 g/mol. The van der Waals surface area contributed by atoms with Crippen LogP contribution in [0.15, 0.2) is 28.7 Å². The van der Waals surface area contributed by atoms with Crippen molar-refractivity contribution in [1.82, 2.24) is 0 Å². The Labute approximate surface area is 108 Å². The van der Waals surface area contributed by atoms with Crippen molar-refractivity contribution in [2.75, 3.05) is 13.2 Å². The zero-order valence-electron chi connectivity index (χ0n) is 9.23. The minimum Gasteiger partial charge on any atom is -0.480 e. The van der Waals surface area contributed by atoms with Crippen LogP contribution in [0, 0.1) is 0 Å². The number of aliphatic carboxylic acids is 1. The van der Waals surface area contributed by atoms with Gasteiger partial charge in [0.1, 0.15) is 6.04 Å². The lowest BCUT2D eigenvalue weighted by Crippen LogP contribution is -2.51. The minimum atomic E-state index is -0.964. The van der Waals surface area contributed by atoms with Crippen LogP contribution in [0.1, 0.15) is 12.0 Å². The Bertz CT molecular complexity index is 414. The molecular formula is C12H14BrNO3. The molecule has 0 radical (unpaired) electrons. The fourth-order valence-corrected chi connectivity index (χ4v) is 2.33. The van der Waals surface area contributed by atoms with Crippen LogP contribution in [0.2, 0.25) is 0 Å². The molecule has 1 saturated heterocycles. The Morgan fingerprint density at radius 1 is 1.47 bits per heavy atom. The maximum Gasteiger partial charge on any atom is 0.320 e. The molecule has 5 heteroatoms. The molecule has 0 bridgehead atoms. The molecule has 1 aliphatic rings. The number of carboxylic acid groups (broad SMARTS) is 1. The van der Waals surface area contributed by atoms with Gasteiger partial charge in [-0.3, -0.25) is 4.79 Å². The average Bonchev–Trinajstić information content (AvgIpc) is 2.24. The molecule has 2 rings (SSSR count). The van der Waals surface area contributed by atoms with Gasteiger partial charge in [-0.15, -0.1) is 0 Å². The van der Waals surface area contributed by atoms with Crippen molar-refractivity contribution < 1.29 is 14.6 Å². The third kappa shape index (κ3) is 2.51. The number of carboxylic acids is 1. The van der Waals surface area contributed by atoms with Gasteiger partial charge in [-0.2, -0.15) is 0 Å². The lowest BCUT2D eigenvalue weighted by Gasteiger charge is -2.43. The molecule has 3 N–H and O–H groups in total. The normalized spacial score (nSPS) is 19.4. The second-order valence-corrected chi connectivity index (χ2v) is 5.34. The Morgan fingerprint density at radius 2 is 2.06 bits per heavy atom. The summed E-state index contributed by atoms with van der Waals surface area (Å²) in [4.78, 5) is 10.8. The summed E-state index contributed by atoms with van der Waals surface area (Å²) in [5.41, 5.74) is 6.46. The number of ether oxygens (including phenoxy) is 1. The van der Waals surface area contributed by atoms with Gasteiger partial charge in [-0.1, -0.05) is 28.1 Å². The highest BCUT2D eigenvalue weighted by Gasteiger charge is 2.42. The van der Waals surface area contributed by atoms with E-state index in [1.54, 1.807) is 0 Å². The molecule has 0 aromatic heterocycles. The van der Waals surface area contributed by atoms with E-state index in [-0.39, 0.29) is 5.41 Å². The second kappa shape index (κ2) is 4.76. The molecule has 0 spiro atoms. The summed E-state index contributed by atoms with van der Waals surface area (Å²) in [5, 5.41) is 8.88. The van der Waals surface area contributed by atoms with Gasteiger partial charge in [-0.05, 0) is 24.1 Å². The van der Waals surface area contributed by atoms with E-state index in [1.165, 1.54) is 0 Å². The molecule has 1 heterocycles. The molecule has 0 saturated carbocycles. The zero-order chi connectivity index (χ0) is 12.5. The SMILES string of the molecule is NC(CC1(c2ccc(Br)cc2)COC1)C(=O)O. The largest absolute Gasteiger partial charge is 0.480 e. The summed E-state index contributed by atoms with van der Waals surface area (Å²) >= 11 is 3.38. The quantitative estimate of drug-likeness (QED) is 0.884. The molecule has 1 fully saturated rings. The molecule has 1 aliphatic heterocycles. The van der Waals surface area contributed by atoms with E-state index in [9.17, 15) is 4.79 Å². The first-order valence-corrected chi connectivity index (χ1v) is 6.15. The van der Waals surface area contributed by atoms with Gasteiger partial charge >= 0.3 is 5.97 Å².